The number of esters is 1. The molecule has 3 rings (SSSR count). The number of aliphatic carboxylic acids is 1. The van der Waals surface area contributed by atoms with Crippen molar-refractivity contribution in [1.82, 2.24) is 0 Å². The Balaban J connectivity index is 1.79. The van der Waals surface area contributed by atoms with Crippen LogP contribution in [0.25, 0.3) is 11.1 Å². The molecule has 2 aromatic carbocycles. The third kappa shape index (κ3) is 3.42. The Bertz CT molecular complexity index is 754. The first-order valence-electron chi connectivity index (χ1n) is 8.32. The van der Waals surface area contributed by atoms with Gasteiger partial charge in [0.2, 0.25) is 0 Å². The molecule has 0 radical (unpaired) electrons. The van der Waals surface area contributed by atoms with Crippen LogP contribution in [0.1, 0.15) is 30.4 Å². The largest absolute Gasteiger partial charge is 0.481 e. The molecule has 2 atom stereocenters. The summed E-state index contributed by atoms with van der Waals surface area (Å²) in [5.41, 5.74) is 10.1. The van der Waals surface area contributed by atoms with Crippen molar-refractivity contribution < 1.29 is 19.4 Å². The molecule has 1 unspecified atom stereocenters. The van der Waals surface area contributed by atoms with Crippen molar-refractivity contribution in [3.63, 3.8) is 0 Å². The average molecular weight is 339 g/mol. The minimum absolute atomic E-state index is 0.0615. The van der Waals surface area contributed by atoms with E-state index in [1.54, 1.807) is 6.92 Å². The topological polar surface area (TPSA) is 89.6 Å². The number of hydrogen-bond acceptors (Lipinski definition) is 4. The predicted octanol–water partition coefficient (Wildman–Crippen LogP) is 2.78. The average Bonchev–Trinajstić information content (AvgIpc) is 2.91. The maximum Gasteiger partial charge on any atom is 0.320 e. The van der Waals surface area contributed by atoms with Crippen LogP contribution in [0.3, 0.4) is 0 Å². The Hall–Kier alpha value is -2.66. The van der Waals surface area contributed by atoms with Crippen LogP contribution in [0.2, 0.25) is 0 Å². The number of fused-ring (bicyclic) bond motifs is 3. The number of carboxylic acids is 1. The van der Waals surface area contributed by atoms with E-state index in [0.29, 0.717) is 0 Å². The Morgan fingerprint density at radius 3 is 2.08 bits per heavy atom. The molecule has 1 aliphatic rings. The smallest absolute Gasteiger partial charge is 0.320 e. The van der Waals surface area contributed by atoms with Gasteiger partial charge >= 0.3 is 11.9 Å². The molecule has 5 heteroatoms. The highest BCUT2D eigenvalue weighted by Crippen LogP contribution is 2.44. The molecule has 0 spiro atoms. The first kappa shape index (κ1) is 17.2. The lowest BCUT2D eigenvalue weighted by molar-refractivity contribution is -0.159. The molecule has 0 heterocycles. The van der Waals surface area contributed by atoms with Crippen molar-refractivity contribution in [2.24, 2.45) is 11.7 Å². The minimum atomic E-state index is -1.23. The van der Waals surface area contributed by atoms with Crippen LogP contribution in [0.5, 0.6) is 0 Å². The SMILES string of the molecule is CC(N)C[C@H](C(=O)O)C(=O)OCC1c2ccccc2-c2ccccc21. The van der Waals surface area contributed by atoms with Crippen molar-refractivity contribution in [1.29, 1.82) is 0 Å². The van der Waals surface area contributed by atoms with Crippen LogP contribution in [0.4, 0.5) is 0 Å². The Morgan fingerprint density at radius 1 is 1.08 bits per heavy atom. The standard InChI is InChI=1S/C20H21NO4/c1-12(21)10-17(19(22)23)20(24)25-11-18-15-8-4-2-6-13(15)14-7-3-5-9-16(14)18/h2-9,12,17-18H,10-11,21H2,1H3,(H,22,23)/t12?,17-/m1/s1. The van der Waals surface area contributed by atoms with Crippen molar-refractivity contribution in [3.8, 4) is 11.1 Å². The van der Waals surface area contributed by atoms with Crippen molar-refractivity contribution >= 4 is 11.9 Å². The lowest BCUT2D eigenvalue weighted by Crippen LogP contribution is -2.32. The van der Waals surface area contributed by atoms with E-state index in [0.717, 1.165) is 22.3 Å². The highest BCUT2D eigenvalue weighted by atomic mass is 16.5. The molecule has 3 N–H and O–H groups in total. The van der Waals surface area contributed by atoms with E-state index in [2.05, 4.69) is 0 Å². The number of rotatable bonds is 6. The zero-order valence-corrected chi connectivity index (χ0v) is 14.0. The van der Waals surface area contributed by atoms with E-state index >= 15 is 0 Å². The summed E-state index contributed by atoms with van der Waals surface area (Å²) in [7, 11) is 0. The maximum absolute atomic E-state index is 12.2. The van der Waals surface area contributed by atoms with Gasteiger partial charge in [0, 0.05) is 12.0 Å². The number of ether oxygens (including phenoxy) is 1. The van der Waals surface area contributed by atoms with Crippen LogP contribution in [-0.2, 0) is 14.3 Å². The lowest BCUT2D eigenvalue weighted by atomic mass is 9.97. The summed E-state index contributed by atoms with van der Waals surface area (Å²) < 4.78 is 5.39. The van der Waals surface area contributed by atoms with E-state index in [-0.39, 0.29) is 25.0 Å². The van der Waals surface area contributed by atoms with Gasteiger partial charge in [-0.25, -0.2) is 0 Å². The van der Waals surface area contributed by atoms with Gasteiger partial charge in [-0.1, -0.05) is 48.5 Å². The lowest BCUT2D eigenvalue weighted by Gasteiger charge is -2.17. The highest BCUT2D eigenvalue weighted by molar-refractivity contribution is 5.94. The number of nitrogens with two attached hydrogens (primary N) is 1. The molecule has 5 nitrogen and oxygen atoms in total. The third-order valence-electron chi connectivity index (χ3n) is 4.54. The van der Waals surface area contributed by atoms with Gasteiger partial charge < -0.3 is 15.6 Å². The van der Waals surface area contributed by atoms with Crippen molar-refractivity contribution in [3.05, 3.63) is 59.7 Å². The molecule has 0 bridgehead atoms. The summed E-state index contributed by atoms with van der Waals surface area (Å²) >= 11 is 0. The minimum Gasteiger partial charge on any atom is -0.481 e. The molecule has 0 amide bonds. The van der Waals surface area contributed by atoms with Crippen LogP contribution < -0.4 is 5.73 Å². The van der Waals surface area contributed by atoms with Gasteiger partial charge in [0.25, 0.3) is 0 Å². The molecular weight excluding hydrogens is 318 g/mol. The monoisotopic (exact) mass is 339 g/mol. The van der Waals surface area contributed by atoms with E-state index in [1.807, 2.05) is 48.5 Å². The predicted molar refractivity (Wildman–Crippen MR) is 94.1 cm³/mol. The Labute approximate surface area is 146 Å². The zero-order valence-electron chi connectivity index (χ0n) is 14.0. The van der Waals surface area contributed by atoms with Crippen LogP contribution in [0.15, 0.2) is 48.5 Å². The second-order valence-electron chi connectivity index (χ2n) is 6.46. The fourth-order valence-corrected chi connectivity index (χ4v) is 3.38. The van der Waals surface area contributed by atoms with Gasteiger partial charge in [0.05, 0.1) is 0 Å². The van der Waals surface area contributed by atoms with Gasteiger partial charge in [-0.05, 0) is 35.6 Å². The first-order chi connectivity index (χ1) is 12.0. The number of benzene rings is 2. The van der Waals surface area contributed by atoms with Gasteiger partial charge in [0.1, 0.15) is 6.61 Å². The molecular formula is C20H21NO4. The molecule has 0 saturated carbocycles. The summed E-state index contributed by atoms with van der Waals surface area (Å²) in [5, 5.41) is 9.24. The summed E-state index contributed by atoms with van der Waals surface area (Å²) in [6.45, 7) is 1.79. The summed E-state index contributed by atoms with van der Waals surface area (Å²) in [6.07, 6.45) is 0.0615. The van der Waals surface area contributed by atoms with Crippen LogP contribution >= 0.6 is 0 Å². The fraction of sp³-hybridized carbons (Fsp3) is 0.300. The first-order valence-corrected chi connectivity index (χ1v) is 8.32. The highest BCUT2D eigenvalue weighted by Gasteiger charge is 2.32. The fourth-order valence-electron chi connectivity index (χ4n) is 3.38. The summed E-state index contributed by atoms with van der Waals surface area (Å²) in [6, 6.07) is 15.6. The molecule has 1 aliphatic carbocycles. The molecule has 0 aliphatic heterocycles. The van der Waals surface area contributed by atoms with E-state index < -0.39 is 17.9 Å². The van der Waals surface area contributed by atoms with Gasteiger partial charge in [0.15, 0.2) is 5.92 Å². The molecule has 0 saturated heterocycles. The maximum atomic E-state index is 12.2. The normalized spacial score (nSPS) is 15.1. The number of carboxylic acid groups (broad SMARTS) is 1. The second kappa shape index (κ2) is 7.07. The van der Waals surface area contributed by atoms with E-state index in [4.69, 9.17) is 10.5 Å². The van der Waals surface area contributed by atoms with E-state index in [1.165, 1.54) is 0 Å². The third-order valence-corrected chi connectivity index (χ3v) is 4.54. The molecule has 25 heavy (non-hydrogen) atoms. The molecule has 0 fully saturated rings. The van der Waals surface area contributed by atoms with E-state index in [9.17, 15) is 14.7 Å². The van der Waals surface area contributed by atoms with Crippen molar-refractivity contribution in [2.75, 3.05) is 6.61 Å². The second-order valence-corrected chi connectivity index (χ2v) is 6.46. The Morgan fingerprint density at radius 2 is 1.60 bits per heavy atom. The van der Waals surface area contributed by atoms with Crippen LogP contribution in [-0.4, -0.2) is 29.7 Å². The summed E-state index contributed by atoms with van der Waals surface area (Å²) in [4.78, 5) is 23.6. The Kier molecular flexibility index (Phi) is 4.86. The van der Waals surface area contributed by atoms with Gasteiger partial charge in [-0.3, -0.25) is 9.59 Å². The quantitative estimate of drug-likeness (QED) is 0.624. The van der Waals surface area contributed by atoms with Crippen molar-refractivity contribution in [2.45, 2.75) is 25.3 Å². The molecule has 130 valence electrons. The molecule has 0 aromatic heterocycles. The van der Waals surface area contributed by atoms with Crippen LogP contribution in [0, 0.1) is 5.92 Å². The van der Waals surface area contributed by atoms with Gasteiger partial charge in [-0.2, -0.15) is 0 Å². The summed E-state index contributed by atoms with van der Waals surface area (Å²) in [5.74, 6) is -3.24. The number of carbonyl (C=O) groups excluding carboxylic acids is 1. The molecule has 2 aromatic rings. The number of hydrogen-bond donors (Lipinski definition) is 2. The van der Waals surface area contributed by atoms with Gasteiger partial charge in [-0.15, -0.1) is 0 Å². The zero-order chi connectivity index (χ0) is 18.0. The number of carbonyl (C=O) groups is 2.